The van der Waals surface area contributed by atoms with Gasteiger partial charge in [0.1, 0.15) is 0 Å². The maximum atomic E-state index is 5.27. The zero-order valence-corrected chi connectivity index (χ0v) is 4.89. The molecule has 0 bridgehead atoms. The predicted octanol–water partition coefficient (Wildman–Crippen LogP) is -0.148. The lowest BCUT2D eigenvalue weighted by Gasteiger charge is -1.99. The van der Waals surface area contributed by atoms with Crippen LogP contribution in [0.2, 0.25) is 0 Å². The van der Waals surface area contributed by atoms with E-state index in [2.05, 4.69) is 5.32 Å². The first-order chi connectivity index (χ1) is 3.97. The maximum Gasteiger partial charge on any atom is 0.0510 e. The molecule has 0 aromatic carbocycles. The lowest BCUT2D eigenvalue weighted by molar-refractivity contribution is 0.175. The molecule has 46 valence electrons. The van der Waals surface area contributed by atoms with Gasteiger partial charge in [0.2, 0.25) is 0 Å². The molecule has 0 spiro atoms. The molecule has 1 unspecified atom stereocenters. The molecule has 2 atom stereocenters. The van der Waals surface area contributed by atoms with E-state index in [9.17, 15) is 0 Å². The van der Waals surface area contributed by atoms with Crippen LogP contribution in [0.5, 0.6) is 0 Å². The third kappa shape index (κ3) is 0.565. The summed E-state index contributed by atoms with van der Waals surface area (Å²) in [5.41, 5.74) is 0. The highest BCUT2D eigenvalue weighted by molar-refractivity contribution is 4.84. The first kappa shape index (κ1) is 4.77. The minimum absolute atomic E-state index is 0.843. The standard InChI is InChI=1S/C6H11NO/c1-5-3-8-4-6(5)2-7-1/h5-7H,1-4H2/t5-,6?/m1/s1. The monoisotopic (exact) mass is 113 g/mol. The lowest BCUT2D eigenvalue weighted by Crippen LogP contribution is -2.11. The average Bonchev–Trinajstić information content (AvgIpc) is 2.15. The van der Waals surface area contributed by atoms with E-state index in [-0.39, 0.29) is 0 Å². The van der Waals surface area contributed by atoms with Crippen molar-refractivity contribution in [1.29, 1.82) is 0 Å². The first-order valence-electron chi connectivity index (χ1n) is 3.25. The van der Waals surface area contributed by atoms with Gasteiger partial charge in [0.15, 0.2) is 0 Å². The molecule has 2 heteroatoms. The molecule has 0 amide bonds. The molecule has 0 saturated carbocycles. The van der Waals surface area contributed by atoms with E-state index in [1.54, 1.807) is 0 Å². The van der Waals surface area contributed by atoms with Crippen molar-refractivity contribution in [2.45, 2.75) is 0 Å². The van der Waals surface area contributed by atoms with Gasteiger partial charge in [-0.2, -0.15) is 0 Å². The molecule has 0 radical (unpaired) electrons. The van der Waals surface area contributed by atoms with Crippen LogP contribution < -0.4 is 5.32 Å². The average molecular weight is 113 g/mol. The third-order valence-electron chi connectivity index (χ3n) is 2.14. The van der Waals surface area contributed by atoms with Gasteiger partial charge in [0.05, 0.1) is 13.2 Å². The summed E-state index contributed by atoms with van der Waals surface area (Å²) in [5.74, 6) is 1.69. The molecule has 0 aliphatic carbocycles. The molecular weight excluding hydrogens is 102 g/mol. The highest BCUT2D eigenvalue weighted by atomic mass is 16.5. The van der Waals surface area contributed by atoms with Crippen LogP contribution in [-0.4, -0.2) is 26.3 Å². The second-order valence-electron chi connectivity index (χ2n) is 2.72. The number of fused-ring (bicyclic) bond motifs is 1. The van der Waals surface area contributed by atoms with Crippen LogP contribution in [0.3, 0.4) is 0 Å². The summed E-state index contributed by atoms with van der Waals surface area (Å²) in [6, 6.07) is 0. The van der Waals surface area contributed by atoms with Crippen molar-refractivity contribution >= 4 is 0 Å². The number of hydrogen-bond acceptors (Lipinski definition) is 2. The highest BCUT2D eigenvalue weighted by Crippen LogP contribution is 2.22. The van der Waals surface area contributed by atoms with Crippen LogP contribution in [0.1, 0.15) is 0 Å². The fourth-order valence-electron chi connectivity index (χ4n) is 1.55. The van der Waals surface area contributed by atoms with E-state index in [0.717, 1.165) is 25.0 Å². The molecule has 1 N–H and O–H groups in total. The second-order valence-corrected chi connectivity index (χ2v) is 2.72. The zero-order valence-electron chi connectivity index (χ0n) is 4.89. The Labute approximate surface area is 49.2 Å². The fourth-order valence-corrected chi connectivity index (χ4v) is 1.55. The van der Waals surface area contributed by atoms with Crippen molar-refractivity contribution in [3.05, 3.63) is 0 Å². The summed E-state index contributed by atoms with van der Waals surface area (Å²) in [5, 5.41) is 3.34. The Hall–Kier alpha value is -0.0800. The lowest BCUT2D eigenvalue weighted by atomic mass is 10.0. The molecule has 2 fully saturated rings. The molecule has 2 heterocycles. The molecule has 2 aliphatic rings. The van der Waals surface area contributed by atoms with Crippen molar-refractivity contribution in [2.24, 2.45) is 11.8 Å². The van der Waals surface area contributed by atoms with Crippen LogP contribution >= 0.6 is 0 Å². The number of hydrogen-bond donors (Lipinski definition) is 1. The number of nitrogens with one attached hydrogen (secondary N) is 1. The summed E-state index contributed by atoms with van der Waals surface area (Å²) < 4.78 is 5.27. The van der Waals surface area contributed by atoms with E-state index in [0.29, 0.717) is 0 Å². The Balaban J connectivity index is 2.04. The van der Waals surface area contributed by atoms with Crippen LogP contribution in [0.25, 0.3) is 0 Å². The van der Waals surface area contributed by atoms with Crippen molar-refractivity contribution in [1.82, 2.24) is 5.32 Å². The molecule has 0 aromatic rings. The van der Waals surface area contributed by atoms with Crippen LogP contribution in [-0.2, 0) is 4.74 Å². The van der Waals surface area contributed by atoms with Gasteiger partial charge in [-0.05, 0) is 0 Å². The second kappa shape index (κ2) is 1.71. The van der Waals surface area contributed by atoms with E-state index >= 15 is 0 Å². The fraction of sp³-hybridized carbons (Fsp3) is 1.00. The van der Waals surface area contributed by atoms with Gasteiger partial charge in [-0.1, -0.05) is 0 Å². The first-order valence-corrected chi connectivity index (χ1v) is 3.25. The summed E-state index contributed by atoms with van der Waals surface area (Å²) in [6.45, 7) is 4.37. The minimum atomic E-state index is 0.843. The van der Waals surface area contributed by atoms with Gasteiger partial charge in [-0.3, -0.25) is 0 Å². The largest absolute Gasteiger partial charge is 0.381 e. The zero-order chi connectivity index (χ0) is 5.40. The topological polar surface area (TPSA) is 21.3 Å². The van der Waals surface area contributed by atoms with Gasteiger partial charge < -0.3 is 10.1 Å². The third-order valence-corrected chi connectivity index (χ3v) is 2.14. The summed E-state index contributed by atoms with van der Waals surface area (Å²) in [7, 11) is 0. The Morgan fingerprint density at radius 1 is 1.12 bits per heavy atom. The summed E-state index contributed by atoms with van der Waals surface area (Å²) >= 11 is 0. The molecule has 8 heavy (non-hydrogen) atoms. The van der Waals surface area contributed by atoms with E-state index in [1.165, 1.54) is 13.1 Å². The molecule has 2 saturated heterocycles. The summed E-state index contributed by atoms with van der Waals surface area (Å²) in [4.78, 5) is 0. The van der Waals surface area contributed by atoms with Gasteiger partial charge in [-0.25, -0.2) is 0 Å². The summed E-state index contributed by atoms with van der Waals surface area (Å²) in [6.07, 6.45) is 0. The van der Waals surface area contributed by atoms with Gasteiger partial charge in [0.25, 0.3) is 0 Å². The molecule has 2 nitrogen and oxygen atoms in total. The van der Waals surface area contributed by atoms with E-state index < -0.39 is 0 Å². The van der Waals surface area contributed by atoms with Gasteiger partial charge >= 0.3 is 0 Å². The number of ether oxygens (including phenoxy) is 1. The van der Waals surface area contributed by atoms with Crippen molar-refractivity contribution in [2.75, 3.05) is 26.3 Å². The molecule has 0 aromatic heterocycles. The Morgan fingerprint density at radius 3 is 2.38 bits per heavy atom. The van der Waals surface area contributed by atoms with Crippen molar-refractivity contribution in [3.8, 4) is 0 Å². The number of rotatable bonds is 0. The van der Waals surface area contributed by atoms with Crippen LogP contribution in [0.15, 0.2) is 0 Å². The van der Waals surface area contributed by atoms with E-state index in [1.807, 2.05) is 0 Å². The quantitative estimate of drug-likeness (QED) is 0.472. The van der Waals surface area contributed by atoms with E-state index in [4.69, 9.17) is 4.74 Å². The molecule has 2 rings (SSSR count). The van der Waals surface area contributed by atoms with Crippen LogP contribution in [0, 0.1) is 11.8 Å². The predicted molar refractivity (Wildman–Crippen MR) is 30.7 cm³/mol. The smallest absolute Gasteiger partial charge is 0.0510 e. The van der Waals surface area contributed by atoms with Crippen molar-refractivity contribution < 1.29 is 4.74 Å². The minimum Gasteiger partial charge on any atom is -0.381 e. The molecule has 2 aliphatic heterocycles. The van der Waals surface area contributed by atoms with Crippen LogP contribution in [0.4, 0.5) is 0 Å². The normalized spacial score (nSPS) is 45.0. The van der Waals surface area contributed by atoms with Gasteiger partial charge in [-0.15, -0.1) is 0 Å². The van der Waals surface area contributed by atoms with Gasteiger partial charge in [0, 0.05) is 24.9 Å². The SMILES string of the molecule is C1NC[C@@H]2COCC12. The Bertz CT molecular complexity index is 74.5. The maximum absolute atomic E-state index is 5.27. The molecular formula is C6H11NO. The Morgan fingerprint density at radius 2 is 1.75 bits per heavy atom. The Kier molecular flexibility index (Phi) is 1.02. The van der Waals surface area contributed by atoms with Crippen molar-refractivity contribution in [3.63, 3.8) is 0 Å². The highest BCUT2D eigenvalue weighted by Gasteiger charge is 2.31.